The summed E-state index contributed by atoms with van der Waals surface area (Å²) in [4.78, 5) is 0. The van der Waals surface area contributed by atoms with Gasteiger partial charge in [-0.2, -0.15) is 26.3 Å². The average molecular weight is 361 g/mol. The monoisotopic (exact) mass is 361 g/mol. The molecule has 1 aliphatic rings. The first-order valence-corrected chi connectivity index (χ1v) is 7.36. The molecular formula is C17H13F6NO. The van der Waals surface area contributed by atoms with E-state index < -0.39 is 23.5 Å². The lowest BCUT2D eigenvalue weighted by molar-refractivity contribution is -0.143. The Morgan fingerprint density at radius 3 is 2.00 bits per heavy atom. The second kappa shape index (κ2) is 6.25. The Morgan fingerprint density at radius 2 is 1.40 bits per heavy atom. The van der Waals surface area contributed by atoms with Crippen molar-refractivity contribution in [2.45, 2.75) is 32.0 Å². The third-order valence-corrected chi connectivity index (χ3v) is 3.86. The molecular weight excluding hydrogens is 348 g/mol. The Labute approximate surface area is 139 Å². The number of hydrogen-bond acceptors (Lipinski definition) is 2. The molecule has 0 bridgehead atoms. The number of hydrogen-bond donors (Lipinski definition) is 1. The highest BCUT2D eigenvalue weighted by Gasteiger charge is 2.36. The number of rotatable bonds is 3. The topological polar surface area (TPSA) is 21.3 Å². The van der Waals surface area contributed by atoms with E-state index in [1.54, 1.807) is 12.1 Å². The van der Waals surface area contributed by atoms with Crippen molar-refractivity contribution in [2.24, 2.45) is 0 Å². The zero-order chi connectivity index (χ0) is 18.2. The van der Waals surface area contributed by atoms with Crippen molar-refractivity contribution in [1.29, 1.82) is 0 Å². The van der Waals surface area contributed by atoms with Crippen molar-refractivity contribution in [3.8, 4) is 5.75 Å². The van der Waals surface area contributed by atoms with Gasteiger partial charge in [0.15, 0.2) is 0 Å². The average Bonchev–Trinajstić information content (AvgIpc) is 2.98. The summed E-state index contributed by atoms with van der Waals surface area (Å²) in [5, 5.41) is 3.13. The van der Waals surface area contributed by atoms with E-state index in [4.69, 9.17) is 4.74 Å². The van der Waals surface area contributed by atoms with Crippen LogP contribution >= 0.6 is 0 Å². The number of alkyl halides is 6. The maximum absolute atomic E-state index is 12.8. The lowest BCUT2D eigenvalue weighted by Crippen LogP contribution is -2.12. The third-order valence-electron chi connectivity index (χ3n) is 3.86. The van der Waals surface area contributed by atoms with Crippen LogP contribution in [0.5, 0.6) is 5.75 Å². The van der Waals surface area contributed by atoms with Gasteiger partial charge in [-0.3, -0.25) is 0 Å². The number of fused-ring (bicyclic) bond motifs is 1. The quantitative estimate of drug-likeness (QED) is 0.785. The van der Waals surface area contributed by atoms with Gasteiger partial charge in [0.2, 0.25) is 0 Å². The van der Waals surface area contributed by atoms with Gasteiger partial charge < -0.3 is 10.1 Å². The van der Waals surface area contributed by atoms with Gasteiger partial charge in [-0.1, -0.05) is 6.07 Å². The van der Waals surface area contributed by atoms with E-state index in [2.05, 4.69) is 5.32 Å². The molecule has 1 heterocycles. The summed E-state index contributed by atoms with van der Waals surface area (Å²) in [6, 6.07) is 6.63. The Hall–Kier alpha value is -2.22. The molecule has 0 aliphatic carbocycles. The summed E-state index contributed by atoms with van der Waals surface area (Å²) in [7, 11) is 0. The maximum atomic E-state index is 12.8. The summed E-state index contributed by atoms with van der Waals surface area (Å²) in [6.07, 6.45) is -9.73. The van der Waals surface area contributed by atoms with Crippen LogP contribution in [0.3, 0.4) is 0 Å². The lowest BCUT2D eigenvalue weighted by atomic mass is 10.1. The van der Waals surface area contributed by atoms with Crippen molar-refractivity contribution in [3.63, 3.8) is 0 Å². The maximum Gasteiger partial charge on any atom is 0.416 e. The highest BCUT2D eigenvalue weighted by atomic mass is 19.4. The van der Waals surface area contributed by atoms with Gasteiger partial charge in [-0.25, -0.2) is 0 Å². The van der Waals surface area contributed by atoms with Gasteiger partial charge in [0.25, 0.3) is 0 Å². The van der Waals surface area contributed by atoms with Crippen LogP contribution in [-0.2, 0) is 32.0 Å². The normalized spacial score (nSPS) is 14.5. The Kier molecular flexibility index (Phi) is 4.40. The molecule has 0 atom stereocenters. The summed E-state index contributed by atoms with van der Waals surface area (Å²) in [6.45, 7) is 0.978. The first-order chi connectivity index (χ1) is 11.6. The molecule has 25 heavy (non-hydrogen) atoms. The number of ether oxygens (including phenoxy) is 1. The number of benzene rings is 2. The van der Waals surface area contributed by atoms with Gasteiger partial charge in [0, 0.05) is 13.1 Å². The molecule has 0 amide bonds. The Bertz CT molecular complexity index is 749. The molecule has 0 spiro atoms. The lowest BCUT2D eigenvalue weighted by Gasteiger charge is -2.15. The zero-order valence-electron chi connectivity index (χ0n) is 12.8. The molecule has 0 saturated carbocycles. The van der Waals surface area contributed by atoms with Crippen molar-refractivity contribution in [2.75, 3.05) is 0 Å². The largest absolute Gasteiger partial charge is 0.489 e. The van der Waals surface area contributed by atoms with Crippen molar-refractivity contribution < 1.29 is 31.1 Å². The molecule has 2 aromatic carbocycles. The fraction of sp³-hybridized carbons (Fsp3) is 0.294. The molecule has 0 saturated heterocycles. The molecule has 3 rings (SSSR count). The SMILES string of the molecule is FC(F)(F)c1cc(COc2ccc3c(c2)CNC3)cc(C(F)(F)F)c1. The Morgan fingerprint density at radius 1 is 0.800 bits per heavy atom. The second-order valence-electron chi connectivity index (χ2n) is 5.74. The fourth-order valence-corrected chi connectivity index (χ4v) is 2.63. The van der Waals surface area contributed by atoms with Crippen LogP contribution in [0, 0.1) is 0 Å². The van der Waals surface area contributed by atoms with E-state index in [1.165, 1.54) is 0 Å². The standard InChI is InChI=1S/C17H13F6NO/c18-16(19,20)13-3-10(4-14(6-13)17(21,22)23)9-25-15-2-1-11-7-24-8-12(11)5-15/h1-6,24H,7-9H2. The number of halogens is 6. The first kappa shape index (κ1) is 17.6. The number of nitrogens with one attached hydrogen (secondary N) is 1. The van der Waals surface area contributed by atoms with E-state index in [0.717, 1.165) is 17.7 Å². The summed E-state index contributed by atoms with van der Waals surface area (Å²) < 4.78 is 82.4. The summed E-state index contributed by atoms with van der Waals surface area (Å²) >= 11 is 0. The van der Waals surface area contributed by atoms with Crippen LogP contribution in [0.1, 0.15) is 27.8 Å². The van der Waals surface area contributed by atoms with E-state index in [-0.39, 0.29) is 18.2 Å². The van der Waals surface area contributed by atoms with Crippen LogP contribution < -0.4 is 10.1 Å². The van der Waals surface area contributed by atoms with Gasteiger partial charge in [0.1, 0.15) is 12.4 Å². The molecule has 8 heteroatoms. The third kappa shape index (κ3) is 4.07. The molecule has 2 nitrogen and oxygen atoms in total. The van der Waals surface area contributed by atoms with Gasteiger partial charge in [-0.15, -0.1) is 0 Å². The highest BCUT2D eigenvalue weighted by Crippen LogP contribution is 2.36. The van der Waals surface area contributed by atoms with Crippen LogP contribution in [0.2, 0.25) is 0 Å². The molecule has 1 aliphatic heterocycles. The van der Waals surface area contributed by atoms with Crippen LogP contribution in [0.25, 0.3) is 0 Å². The van der Waals surface area contributed by atoms with E-state index in [0.29, 0.717) is 24.4 Å². The minimum Gasteiger partial charge on any atom is -0.489 e. The Balaban J connectivity index is 1.84. The molecule has 134 valence electrons. The van der Waals surface area contributed by atoms with Gasteiger partial charge in [-0.05, 0) is 47.0 Å². The minimum atomic E-state index is -4.87. The predicted molar refractivity (Wildman–Crippen MR) is 77.8 cm³/mol. The van der Waals surface area contributed by atoms with E-state index >= 15 is 0 Å². The van der Waals surface area contributed by atoms with Crippen molar-refractivity contribution in [1.82, 2.24) is 5.32 Å². The van der Waals surface area contributed by atoms with Crippen molar-refractivity contribution >= 4 is 0 Å². The first-order valence-electron chi connectivity index (χ1n) is 7.36. The molecule has 2 aromatic rings. The van der Waals surface area contributed by atoms with Gasteiger partial charge in [0.05, 0.1) is 11.1 Å². The van der Waals surface area contributed by atoms with Crippen LogP contribution in [-0.4, -0.2) is 0 Å². The predicted octanol–water partition coefficient (Wildman–Crippen LogP) is 4.91. The molecule has 0 unspecified atom stereocenters. The highest BCUT2D eigenvalue weighted by molar-refractivity contribution is 5.38. The smallest absolute Gasteiger partial charge is 0.416 e. The minimum absolute atomic E-state index is 0.102. The van der Waals surface area contributed by atoms with E-state index in [9.17, 15) is 26.3 Å². The summed E-state index contributed by atoms with van der Waals surface area (Å²) in [5.41, 5.74) is -0.803. The van der Waals surface area contributed by atoms with Crippen LogP contribution in [0.15, 0.2) is 36.4 Å². The van der Waals surface area contributed by atoms with E-state index in [1.807, 2.05) is 6.07 Å². The van der Waals surface area contributed by atoms with Gasteiger partial charge >= 0.3 is 12.4 Å². The molecule has 0 fully saturated rings. The molecule has 0 aromatic heterocycles. The van der Waals surface area contributed by atoms with Crippen molar-refractivity contribution in [3.05, 3.63) is 64.2 Å². The van der Waals surface area contributed by atoms with Crippen LogP contribution in [0.4, 0.5) is 26.3 Å². The molecule has 0 radical (unpaired) electrons. The zero-order valence-corrected chi connectivity index (χ0v) is 12.8. The fourth-order valence-electron chi connectivity index (χ4n) is 2.63. The molecule has 1 N–H and O–H groups in total. The summed E-state index contributed by atoms with van der Waals surface area (Å²) in [5.74, 6) is 0.397. The second-order valence-corrected chi connectivity index (χ2v) is 5.74.